The quantitative estimate of drug-likeness (QED) is 0.939. The van der Waals surface area contributed by atoms with Crippen LogP contribution in [0, 0.1) is 12.8 Å². The fourth-order valence-electron chi connectivity index (χ4n) is 3.15. The molecule has 24 heavy (non-hydrogen) atoms. The lowest BCUT2D eigenvalue weighted by Crippen LogP contribution is -2.29. The van der Waals surface area contributed by atoms with Crippen molar-refractivity contribution in [2.45, 2.75) is 19.8 Å². The Balaban J connectivity index is 1.61. The molecule has 5 nitrogen and oxygen atoms in total. The number of aromatic nitrogens is 1. The molecule has 0 saturated carbocycles. The smallest absolute Gasteiger partial charge is 0.335 e. The van der Waals surface area contributed by atoms with Crippen molar-refractivity contribution in [1.82, 2.24) is 9.88 Å². The number of rotatable bonds is 4. The van der Waals surface area contributed by atoms with Crippen molar-refractivity contribution in [2.24, 2.45) is 5.92 Å². The Kier molecular flexibility index (Phi) is 4.60. The number of aryl methyl sites for hydroxylation is 1. The predicted octanol–water partition coefficient (Wildman–Crippen LogP) is 2.79. The monoisotopic (exact) mass is 324 g/mol. The van der Waals surface area contributed by atoms with Crippen LogP contribution in [0.4, 0.5) is 0 Å². The summed E-state index contributed by atoms with van der Waals surface area (Å²) < 4.78 is 0. The molecule has 124 valence electrons. The molecule has 2 heterocycles. The highest BCUT2D eigenvalue weighted by Gasteiger charge is 2.27. The fourth-order valence-corrected chi connectivity index (χ4v) is 3.15. The van der Waals surface area contributed by atoms with E-state index in [1.807, 2.05) is 30.0 Å². The highest BCUT2D eigenvalue weighted by atomic mass is 16.4. The Labute approximate surface area is 140 Å². The van der Waals surface area contributed by atoms with E-state index in [2.05, 4.69) is 4.98 Å². The van der Waals surface area contributed by atoms with E-state index in [4.69, 9.17) is 5.11 Å². The first-order chi connectivity index (χ1) is 11.5. The Hall–Kier alpha value is -2.69. The van der Waals surface area contributed by atoms with Crippen LogP contribution in [-0.2, 0) is 6.42 Å². The van der Waals surface area contributed by atoms with E-state index in [9.17, 15) is 9.59 Å². The maximum absolute atomic E-state index is 12.5. The Morgan fingerprint density at radius 3 is 2.62 bits per heavy atom. The van der Waals surface area contributed by atoms with Gasteiger partial charge < -0.3 is 10.0 Å². The summed E-state index contributed by atoms with van der Waals surface area (Å²) in [7, 11) is 0. The van der Waals surface area contributed by atoms with Crippen LogP contribution in [0.15, 0.2) is 42.7 Å². The molecule has 1 aromatic heterocycles. The Morgan fingerprint density at radius 1 is 1.21 bits per heavy atom. The molecule has 1 aliphatic rings. The molecule has 1 atom stereocenters. The molecule has 0 aliphatic carbocycles. The van der Waals surface area contributed by atoms with Crippen LogP contribution in [0.3, 0.4) is 0 Å². The first-order valence-corrected chi connectivity index (χ1v) is 8.06. The standard InChI is InChI=1S/C19H20N2O3/c1-13-8-17(11-20-10-13)18(22)21-7-6-15(12-21)9-14-2-4-16(5-3-14)19(23)24/h2-5,8,10-11,15H,6-7,9,12H2,1H3,(H,23,24)/t15-/m0/s1. The minimum absolute atomic E-state index is 0.0370. The van der Waals surface area contributed by atoms with Crippen LogP contribution < -0.4 is 0 Å². The summed E-state index contributed by atoms with van der Waals surface area (Å²) in [6.45, 7) is 3.41. The molecule has 1 aliphatic heterocycles. The van der Waals surface area contributed by atoms with Crippen LogP contribution in [0.1, 0.15) is 38.3 Å². The van der Waals surface area contributed by atoms with Gasteiger partial charge in [0.15, 0.2) is 0 Å². The van der Waals surface area contributed by atoms with Gasteiger partial charge in [-0.3, -0.25) is 9.78 Å². The molecule has 1 N–H and O–H groups in total. The summed E-state index contributed by atoms with van der Waals surface area (Å²) >= 11 is 0. The number of carboxylic acids is 1. The molecule has 1 amide bonds. The number of pyridine rings is 1. The van der Waals surface area contributed by atoms with Gasteiger partial charge >= 0.3 is 5.97 Å². The summed E-state index contributed by atoms with van der Waals surface area (Å²) in [5.74, 6) is -0.469. The number of hydrogen-bond acceptors (Lipinski definition) is 3. The van der Waals surface area contributed by atoms with Gasteiger partial charge in [-0.1, -0.05) is 12.1 Å². The van der Waals surface area contributed by atoms with Crippen molar-refractivity contribution < 1.29 is 14.7 Å². The molecule has 1 saturated heterocycles. The van der Waals surface area contributed by atoms with Gasteiger partial charge in [0.2, 0.25) is 0 Å². The van der Waals surface area contributed by atoms with Crippen LogP contribution in [-0.4, -0.2) is 40.0 Å². The lowest BCUT2D eigenvalue weighted by atomic mass is 9.98. The fraction of sp³-hybridized carbons (Fsp3) is 0.316. The van der Waals surface area contributed by atoms with Gasteiger partial charge in [0.25, 0.3) is 5.91 Å². The van der Waals surface area contributed by atoms with Crippen molar-refractivity contribution in [2.75, 3.05) is 13.1 Å². The van der Waals surface area contributed by atoms with E-state index in [1.54, 1.807) is 24.5 Å². The topological polar surface area (TPSA) is 70.5 Å². The number of carbonyl (C=O) groups excluding carboxylic acids is 1. The normalized spacial score (nSPS) is 17.0. The highest BCUT2D eigenvalue weighted by Crippen LogP contribution is 2.23. The van der Waals surface area contributed by atoms with Crippen molar-refractivity contribution in [3.8, 4) is 0 Å². The lowest BCUT2D eigenvalue weighted by molar-refractivity contribution is 0.0696. The average molecular weight is 324 g/mol. The van der Waals surface area contributed by atoms with E-state index >= 15 is 0 Å². The molecule has 0 radical (unpaired) electrons. The molecule has 1 fully saturated rings. The molecule has 2 aromatic rings. The Bertz CT molecular complexity index is 755. The van der Waals surface area contributed by atoms with Crippen molar-refractivity contribution in [1.29, 1.82) is 0 Å². The van der Waals surface area contributed by atoms with Crippen molar-refractivity contribution >= 4 is 11.9 Å². The maximum Gasteiger partial charge on any atom is 0.335 e. The number of carbonyl (C=O) groups is 2. The minimum atomic E-state index is -0.911. The van der Waals surface area contributed by atoms with Gasteiger partial charge in [-0.15, -0.1) is 0 Å². The van der Waals surface area contributed by atoms with Gasteiger partial charge in [-0.2, -0.15) is 0 Å². The molecular formula is C19H20N2O3. The van der Waals surface area contributed by atoms with Gasteiger partial charge in [0.1, 0.15) is 0 Å². The van der Waals surface area contributed by atoms with Gasteiger partial charge in [-0.05, 0) is 55.0 Å². The summed E-state index contributed by atoms with van der Waals surface area (Å²) in [6, 6.07) is 8.85. The zero-order valence-electron chi connectivity index (χ0n) is 13.6. The third-order valence-corrected chi connectivity index (χ3v) is 4.42. The van der Waals surface area contributed by atoms with Crippen LogP contribution in [0.25, 0.3) is 0 Å². The third-order valence-electron chi connectivity index (χ3n) is 4.42. The number of hydrogen-bond donors (Lipinski definition) is 1. The minimum Gasteiger partial charge on any atom is -0.478 e. The predicted molar refractivity (Wildman–Crippen MR) is 90.1 cm³/mol. The van der Waals surface area contributed by atoms with E-state index < -0.39 is 5.97 Å². The van der Waals surface area contributed by atoms with Gasteiger partial charge in [-0.25, -0.2) is 4.79 Å². The molecule has 1 aromatic carbocycles. The second-order valence-electron chi connectivity index (χ2n) is 6.36. The largest absolute Gasteiger partial charge is 0.478 e. The van der Waals surface area contributed by atoms with E-state index in [-0.39, 0.29) is 5.91 Å². The molecule has 0 unspecified atom stereocenters. The first-order valence-electron chi connectivity index (χ1n) is 8.06. The van der Waals surface area contributed by atoms with Crippen LogP contribution in [0.5, 0.6) is 0 Å². The first kappa shape index (κ1) is 16.2. The molecule has 5 heteroatoms. The average Bonchev–Trinajstić information content (AvgIpc) is 3.03. The van der Waals surface area contributed by atoms with E-state index in [0.29, 0.717) is 17.0 Å². The Morgan fingerprint density at radius 2 is 1.96 bits per heavy atom. The molecule has 0 spiro atoms. The van der Waals surface area contributed by atoms with Crippen LogP contribution >= 0.6 is 0 Å². The summed E-state index contributed by atoms with van der Waals surface area (Å²) in [4.78, 5) is 29.4. The second-order valence-corrected chi connectivity index (χ2v) is 6.36. The van der Waals surface area contributed by atoms with Crippen molar-refractivity contribution in [3.05, 3.63) is 65.0 Å². The number of carboxylic acid groups (broad SMARTS) is 1. The number of benzene rings is 1. The number of amides is 1. The number of nitrogens with zero attached hydrogens (tertiary/aromatic N) is 2. The van der Waals surface area contributed by atoms with E-state index in [1.165, 1.54) is 0 Å². The lowest BCUT2D eigenvalue weighted by Gasteiger charge is -2.17. The zero-order valence-corrected chi connectivity index (χ0v) is 13.6. The highest BCUT2D eigenvalue weighted by molar-refractivity contribution is 5.94. The molecule has 0 bridgehead atoms. The second kappa shape index (κ2) is 6.83. The van der Waals surface area contributed by atoms with E-state index in [0.717, 1.165) is 37.1 Å². The maximum atomic E-state index is 12.5. The molecular weight excluding hydrogens is 304 g/mol. The zero-order chi connectivity index (χ0) is 17.1. The van der Waals surface area contributed by atoms with Gasteiger partial charge in [0.05, 0.1) is 11.1 Å². The van der Waals surface area contributed by atoms with Gasteiger partial charge in [0, 0.05) is 25.5 Å². The van der Waals surface area contributed by atoms with Crippen LogP contribution in [0.2, 0.25) is 0 Å². The summed E-state index contributed by atoms with van der Waals surface area (Å²) in [5, 5.41) is 8.93. The third kappa shape index (κ3) is 3.62. The number of aromatic carboxylic acids is 1. The SMILES string of the molecule is Cc1cncc(C(=O)N2CC[C@@H](Cc3ccc(C(=O)O)cc3)C2)c1. The van der Waals surface area contributed by atoms with Crippen molar-refractivity contribution in [3.63, 3.8) is 0 Å². The summed E-state index contributed by atoms with van der Waals surface area (Å²) in [5.41, 5.74) is 3.03. The summed E-state index contributed by atoms with van der Waals surface area (Å²) in [6.07, 6.45) is 5.18. The number of likely N-dealkylation sites (tertiary alicyclic amines) is 1. The molecule has 3 rings (SSSR count).